The molecule has 0 fully saturated rings. The molecule has 5 heteroatoms. The van der Waals surface area contributed by atoms with E-state index >= 15 is 0 Å². The number of amides is 2. The Labute approximate surface area is 179 Å². The molecule has 0 aromatic heterocycles. The first-order chi connectivity index (χ1) is 13.5. The van der Waals surface area contributed by atoms with Gasteiger partial charge >= 0.3 is 0 Å². The van der Waals surface area contributed by atoms with Crippen LogP contribution < -0.4 is 5.43 Å². The van der Waals surface area contributed by atoms with Crippen LogP contribution in [0.2, 0.25) is 5.02 Å². The fourth-order valence-electron chi connectivity index (χ4n) is 3.53. The van der Waals surface area contributed by atoms with Gasteiger partial charge in [0.1, 0.15) is 0 Å². The average molecular weight is 415 g/mol. The van der Waals surface area contributed by atoms with E-state index in [4.69, 9.17) is 11.6 Å². The van der Waals surface area contributed by atoms with Gasteiger partial charge in [-0.1, -0.05) is 69.0 Å². The summed E-state index contributed by atoms with van der Waals surface area (Å²) in [6.07, 6.45) is 1.66. The van der Waals surface area contributed by atoms with E-state index in [-0.39, 0.29) is 23.3 Å². The van der Waals surface area contributed by atoms with Crippen molar-refractivity contribution in [2.75, 3.05) is 0 Å². The molecule has 0 bridgehead atoms. The van der Waals surface area contributed by atoms with Crippen LogP contribution in [0.1, 0.15) is 72.4 Å². The van der Waals surface area contributed by atoms with Gasteiger partial charge in [-0.15, -0.1) is 0 Å². The minimum atomic E-state index is -0.294. The molecule has 1 N–H and O–H groups in total. The Balaban J connectivity index is 2.45. The average Bonchev–Trinajstić information content (AvgIpc) is 2.62. The molecular weight excluding hydrogens is 384 g/mol. The molecular formula is C24H31ClN2O2. The number of aryl methyl sites for hydroxylation is 2. The zero-order valence-electron chi connectivity index (χ0n) is 18.2. The Morgan fingerprint density at radius 1 is 1.03 bits per heavy atom. The number of carbonyl (C=O) groups excluding carboxylic acids is 2. The van der Waals surface area contributed by atoms with E-state index in [1.54, 1.807) is 24.3 Å². The number of hydrazine groups is 1. The minimum Gasteiger partial charge on any atom is -0.267 e. The summed E-state index contributed by atoms with van der Waals surface area (Å²) in [5.41, 5.74) is 5.67. The van der Waals surface area contributed by atoms with Crippen molar-refractivity contribution in [1.82, 2.24) is 10.4 Å². The van der Waals surface area contributed by atoms with E-state index in [1.165, 1.54) is 5.01 Å². The molecule has 4 nitrogen and oxygen atoms in total. The van der Waals surface area contributed by atoms with Gasteiger partial charge in [-0.05, 0) is 56.0 Å². The molecule has 0 spiro atoms. The lowest BCUT2D eigenvalue weighted by atomic mass is 9.83. The second-order valence-electron chi connectivity index (χ2n) is 8.67. The van der Waals surface area contributed by atoms with Crippen molar-refractivity contribution in [2.24, 2.45) is 5.41 Å². The van der Waals surface area contributed by atoms with Crippen LogP contribution in [-0.2, 0) is 0 Å². The quantitative estimate of drug-likeness (QED) is 0.613. The van der Waals surface area contributed by atoms with E-state index in [9.17, 15) is 9.59 Å². The molecule has 0 aliphatic rings. The predicted molar refractivity (Wildman–Crippen MR) is 119 cm³/mol. The van der Waals surface area contributed by atoms with E-state index in [2.05, 4.69) is 33.1 Å². The van der Waals surface area contributed by atoms with E-state index in [1.807, 2.05) is 32.0 Å². The molecule has 2 amide bonds. The number of carbonyl (C=O) groups is 2. The zero-order valence-corrected chi connectivity index (χ0v) is 18.9. The smallest absolute Gasteiger partial charge is 0.267 e. The monoisotopic (exact) mass is 414 g/mol. The Kier molecular flexibility index (Phi) is 7.48. The minimum absolute atomic E-state index is 0.172. The molecule has 0 saturated carbocycles. The molecule has 0 heterocycles. The number of halogens is 1. The number of hydrogen-bond acceptors (Lipinski definition) is 2. The molecule has 0 saturated heterocycles. The number of nitrogens with zero attached hydrogens (tertiary/aromatic N) is 1. The van der Waals surface area contributed by atoms with E-state index < -0.39 is 0 Å². The van der Waals surface area contributed by atoms with Gasteiger partial charge in [0.25, 0.3) is 11.8 Å². The number of hydrogen-bond donors (Lipinski definition) is 1. The molecule has 2 rings (SSSR count). The molecule has 0 unspecified atom stereocenters. The summed E-state index contributed by atoms with van der Waals surface area (Å²) in [5, 5.41) is 1.98. The highest BCUT2D eigenvalue weighted by Crippen LogP contribution is 2.29. The first-order valence-electron chi connectivity index (χ1n) is 10.0. The summed E-state index contributed by atoms with van der Waals surface area (Å²) >= 11 is 6.10. The van der Waals surface area contributed by atoms with Gasteiger partial charge in [0, 0.05) is 16.1 Å². The third-order valence-electron chi connectivity index (χ3n) is 4.87. The molecule has 0 aliphatic carbocycles. The van der Waals surface area contributed by atoms with Crippen LogP contribution in [0.5, 0.6) is 0 Å². The van der Waals surface area contributed by atoms with Crippen LogP contribution >= 0.6 is 11.6 Å². The maximum atomic E-state index is 13.4. The van der Waals surface area contributed by atoms with Crippen molar-refractivity contribution >= 4 is 23.4 Å². The molecule has 0 aliphatic heterocycles. The van der Waals surface area contributed by atoms with Crippen molar-refractivity contribution in [3.8, 4) is 0 Å². The first-order valence-corrected chi connectivity index (χ1v) is 10.4. The molecule has 156 valence electrons. The summed E-state index contributed by atoms with van der Waals surface area (Å²) in [5.74, 6) is -0.559. The molecule has 0 radical (unpaired) electrons. The number of nitrogens with one attached hydrogen (secondary N) is 1. The second kappa shape index (κ2) is 9.45. The summed E-state index contributed by atoms with van der Waals surface area (Å²) in [6.45, 7) is 12.2. The van der Waals surface area contributed by atoms with Crippen molar-refractivity contribution < 1.29 is 9.59 Å². The summed E-state index contributed by atoms with van der Waals surface area (Å²) < 4.78 is 0. The Bertz CT molecular complexity index is 866. The van der Waals surface area contributed by atoms with Gasteiger partial charge < -0.3 is 0 Å². The standard InChI is InChI=1S/C24H31ClN2O2/c1-7-9-21(24(4,5)6)27(23(29)18-10-8-11-20(25)15-18)26-22(28)19-13-16(2)12-17(3)14-19/h8,10-15,21H,7,9H2,1-6H3,(H,26,28)/t21-/m1/s1. The van der Waals surface area contributed by atoms with E-state index in [0.717, 1.165) is 24.0 Å². The maximum absolute atomic E-state index is 13.4. The fraction of sp³-hybridized carbons (Fsp3) is 0.417. The summed E-state index contributed by atoms with van der Waals surface area (Å²) in [6, 6.07) is 12.3. The summed E-state index contributed by atoms with van der Waals surface area (Å²) in [7, 11) is 0. The highest BCUT2D eigenvalue weighted by molar-refractivity contribution is 6.31. The van der Waals surface area contributed by atoms with Crippen LogP contribution in [0.4, 0.5) is 0 Å². The van der Waals surface area contributed by atoms with Gasteiger partial charge in [0.15, 0.2) is 0 Å². The van der Waals surface area contributed by atoms with Gasteiger partial charge in [-0.3, -0.25) is 15.0 Å². The maximum Gasteiger partial charge on any atom is 0.272 e. The fourth-order valence-corrected chi connectivity index (χ4v) is 3.72. The van der Waals surface area contributed by atoms with E-state index in [0.29, 0.717) is 16.1 Å². The second-order valence-corrected chi connectivity index (χ2v) is 9.11. The van der Waals surface area contributed by atoms with Gasteiger partial charge in [-0.2, -0.15) is 0 Å². The van der Waals surface area contributed by atoms with Gasteiger partial charge in [0.2, 0.25) is 0 Å². The number of benzene rings is 2. The normalized spacial score (nSPS) is 12.4. The molecule has 2 aromatic carbocycles. The lowest BCUT2D eigenvalue weighted by Crippen LogP contribution is -2.56. The van der Waals surface area contributed by atoms with Crippen molar-refractivity contribution in [2.45, 2.75) is 60.4 Å². The molecule has 2 aromatic rings. The van der Waals surface area contributed by atoms with Crippen LogP contribution in [0.15, 0.2) is 42.5 Å². The largest absolute Gasteiger partial charge is 0.272 e. The highest BCUT2D eigenvalue weighted by atomic mass is 35.5. The zero-order chi connectivity index (χ0) is 21.8. The lowest BCUT2D eigenvalue weighted by Gasteiger charge is -2.40. The number of rotatable bonds is 5. The Hall–Kier alpha value is -2.33. The van der Waals surface area contributed by atoms with Crippen LogP contribution in [0.25, 0.3) is 0 Å². The van der Waals surface area contributed by atoms with Crippen LogP contribution in [0, 0.1) is 19.3 Å². The molecule has 1 atom stereocenters. The van der Waals surface area contributed by atoms with Crippen molar-refractivity contribution in [3.63, 3.8) is 0 Å². The van der Waals surface area contributed by atoms with Crippen molar-refractivity contribution in [3.05, 3.63) is 69.7 Å². The third kappa shape index (κ3) is 6.07. The predicted octanol–water partition coefficient (Wildman–Crippen LogP) is 5.96. The van der Waals surface area contributed by atoms with Crippen LogP contribution in [-0.4, -0.2) is 22.9 Å². The topological polar surface area (TPSA) is 49.4 Å². The summed E-state index contributed by atoms with van der Waals surface area (Å²) in [4.78, 5) is 26.5. The van der Waals surface area contributed by atoms with Gasteiger partial charge in [-0.25, -0.2) is 5.01 Å². The SMILES string of the molecule is CCC[C@@H](N(NC(=O)c1cc(C)cc(C)c1)C(=O)c1cccc(Cl)c1)C(C)(C)C. The van der Waals surface area contributed by atoms with Crippen molar-refractivity contribution in [1.29, 1.82) is 0 Å². The lowest BCUT2D eigenvalue weighted by molar-refractivity contribution is 0.0271. The molecule has 29 heavy (non-hydrogen) atoms. The Morgan fingerprint density at radius 3 is 2.17 bits per heavy atom. The van der Waals surface area contributed by atoms with Gasteiger partial charge in [0.05, 0.1) is 6.04 Å². The first kappa shape index (κ1) is 23.0. The van der Waals surface area contributed by atoms with Crippen LogP contribution in [0.3, 0.4) is 0 Å². The highest BCUT2D eigenvalue weighted by Gasteiger charge is 2.35. The Morgan fingerprint density at radius 2 is 1.66 bits per heavy atom. The third-order valence-corrected chi connectivity index (χ3v) is 5.10.